The molecular weight excluding hydrogens is 328 g/mol. The van der Waals surface area contributed by atoms with Crippen LogP contribution in [0.15, 0.2) is 30.3 Å². The van der Waals surface area contributed by atoms with Crippen LogP contribution < -0.4 is 4.72 Å². The van der Waals surface area contributed by atoms with Gasteiger partial charge in [0.1, 0.15) is 0 Å². The predicted octanol–water partition coefficient (Wildman–Crippen LogP) is 1.64. The number of sulfonamides is 1. The number of nitrogens with zero attached hydrogens (tertiary/aromatic N) is 1. The Morgan fingerprint density at radius 1 is 1.33 bits per heavy atom. The molecule has 0 saturated carbocycles. The summed E-state index contributed by atoms with van der Waals surface area (Å²) in [5.41, 5.74) is 0.0189. The quantitative estimate of drug-likeness (QED) is 0.843. The molecule has 1 fully saturated rings. The molecule has 1 aliphatic rings. The molecule has 0 aromatic heterocycles. The molecule has 1 aliphatic heterocycles. The highest BCUT2D eigenvalue weighted by atomic mass is 32.2. The van der Waals surface area contributed by atoms with Gasteiger partial charge in [-0.2, -0.15) is 0 Å². The van der Waals surface area contributed by atoms with Crippen LogP contribution >= 0.6 is 0 Å². The lowest BCUT2D eigenvalue weighted by atomic mass is 10.1. The van der Waals surface area contributed by atoms with Gasteiger partial charge in [0.2, 0.25) is 10.0 Å². The van der Waals surface area contributed by atoms with Gasteiger partial charge in [0, 0.05) is 32.3 Å². The van der Waals surface area contributed by atoms with Gasteiger partial charge in [0.15, 0.2) is 0 Å². The Morgan fingerprint density at radius 3 is 2.62 bits per heavy atom. The molecule has 1 aromatic carbocycles. The zero-order chi connectivity index (χ0) is 17.8. The molecule has 2 rings (SSSR count). The van der Waals surface area contributed by atoms with Gasteiger partial charge in [-0.1, -0.05) is 18.2 Å². The Hall–Kier alpha value is -1.44. The van der Waals surface area contributed by atoms with Crippen LogP contribution in [-0.2, 0) is 14.8 Å². The van der Waals surface area contributed by atoms with Crippen molar-refractivity contribution in [3.05, 3.63) is 35.9 Å². The minimum Gasteiger partial charge on any atom is -0.377 e. The second kappa shape index (κ2) is 7.63. The fourth-order valence-electron chi connectivity index (χ4n) is 2.60. The Balaban J connectivity index is 2.03. The number of ether oxygens (including phenoxy) is 1. The monoisotopic (exact) mass is 354 g/mol. The lowest BCUT2D eigenvalue weighted by molar-refractivity contribution is 0.0275. The SMILES string of the molecule is COC(C)(C)CNS(=O)(=O)[C@@H]1CCCN(C(=O)c2ccccc2)C1. The molecule has 1 saturated heterocycles. The number of piperidine rings is 1. The van der Waals surface area contributed by atoms with Crippen molar-refractivity contribution in [1.29, 1.82) is 0 Å². The van der Waals surface area contributed by atoms with Crippen LogP contribution in [0.2, 0.25) is 0 Å². The summed E-state index contributed by atoms with van der Waals surface area (Å²) in [5.74, 6) is -0.118. The summed E-state index contributed by atoms with van der Waals surface area (Å²) < 4.78 is 33.0. The summed E-state index contributed by atoms with van der Waals surface area (Å²) in [6, 6.07) is 8.96. The second-order valence-corrected chi connectivity index (χ2v) is 8.76. The van der Waals surface area contributed by atoms with Crippen molar-refractivity contribution in [3.8, 4) is 0 Å². The summed E-state index contributed by atoms with van der Waals surface area (Å²) in [5, 5.41) is -0.591. The number of hydrogen-bond donors (Lipinski definition) is 1. The van der Waals surface area contributed by atoms with Crippen LogP contribution in [0, 0.1) is 0 Å². The lowest BCUT2D eigenvalue weighted by Gasteiger charge is -2.33. The third kappa shape index (κ3) is 4.78. The number of likely N-dealkylation sites (tertiary alicyclic amines) is 1. The maximum Gasteiger partial charge on any atom is 0.253 e. The fraction of sp³-hybridized carbons (Fsp3) is 0.588. The Kier molecular flexibility index (Phi) is 6.01. The van der Waals surface area contributed by atoms with E-state index in [2.05, 4.69) is 4.72 Å². The van der Waals surface area contributed by atoms with Gasteiger partial charge in [-0.15, -0.1) is 0 Å². The van der Waals surface area contributed by atoms with Crippen molar-refractivity contribution in [3.63, 3.8) is 0 Å². The first-order chi connectivity index (χ1) is 11.2. The minimum atomic E-state index is -3.50. The molecule has 1 N–H and O–H groups in total. The molecule has 6 nitrogen and oxygen atoms in total. The average molecular weight is 354 g/mol. The largest absolute Gasteiger partial charge is 0.377 e. The number of carbonyl (C=O) groups is 1. The lowest BCUT2D eigenvalue weighted by Crippen LogP contribution is -2.50. The first kappa shape index (κ1) is 18.9. The van der Waals surface area contributed by atoms with Gasteiger partial charge >= 0.3 is 0 Å². The standard InChI is InChI=1S/C17H26N2O4S/c1-17(2,23-3)13-18-24(21,22)15-10-7-11-19(12-15)16(20)14-8-5-4-6-9-14/h4-6,8-9,15,18H,7,10-13H2,1-3H3/t15-/m1/s1. The van der Waals surface area contributed by atoms with E-state index in [-0.39, 0.29) is 19.0 Å². The summed E-state index contributed by atoms with van der Waals surface area (Å²) in [6.45, 7) is 4.65. The molecule has 7 heteroatoms. The van der Waals surface area contributed by atoms with E-state index in [9.17, 15) is 13.2 Å². The first-order valence-electron chi connectivity index (χ1n) is 8.13. The van der Waals surface area contributed by atoms with Crippen molar-refractivity contribution >= 4 is 15.9 Å². The zero-order valence-electron chi connectivity index (χ0n) is 14.5. The van der Waals surface area contributed by atoms with E-state index in [4.69, 9.17) is 4.74 Å². The highest BCUT2D eigenvalue weighted by molar-refractivity contribution is 7.90. The molecule has 134 valence electrons. The number of rotatable bonds is 6. The second-order valence-electron chi connectivity index (χ2n) is 6.71. The van der Waals surface area contributed by atoms with E-state index >= 15 is 0 Å². The van der Waals surface area contributed by atoms with Crippen LogP contribution in [0.4, 0.5) is 0 Å². The van der Waals surface area contributed by atoms with Gasteiger partial charge in [0.25, 0.3) is 5.91 Å². The van der Waals surface area contributed by atoms with Gasteiger partial charge in [-0.05, 0) is 38.8 Å². The maximum absolute atomic E-state index is 12.5. The average Bonchev–Trinajstić information content (AvgIpc) is 2.60. The number of hydrogen-bond acceptors (Lipinski definition) is 4. The maximum atomic E-state index is 12.5. The van der Waals surface area contributed by atoms with Gasteiger partial charge < -0.3 is 9.64 Å². The number of benzene rings is 1. The van der Waals surface area contributed by atoms with Crippen LogP contribution in [0.5, 0.6) is 0 Å². The number of carbonyl (C=O) groups excluding carboxylic acids is 1. The number of amides is 1. The van der Waals surface area contributed by atoms with E-state index in [0.29, 0.717) is 24.9 Å². The molecule has 1 atom stereocenters. The van der Waals surface area contributed by atoms with E-state index in [1.165, 1.54) is 0 Å². The van der Waals surface area contributed by atoms with Gasteiger partial charge in [-0.25, -0.2) is 13.1 Å². The molecule has 0 aliphatic carbocycles. The Labute approximate surface area is 144 Å². The third-order valence-electron chi connectivity index (χ3n) is 4.38. The molecule has 1 heterocycles. The van der Waals surface area contributed by atoms with Crippen molar-refractivity contribution in [2.24, 2.45) is 0 Å². The Bertz CT molecular complexity index is 658. The van der Waals surface area contributed by atoms with Crippen molar-refractivity contribution in [2.75, 3.05) is 26.7 Å². The van der Waals surface area contributed by atoms with E-state index < -0.39 is 20.9 Å². The molecule has 24 heavy (non-hydrogen) atoms. The smallest absolute Gasteiger partial charge is 0.253 e. The molecule has 0 unspecified atom stereocenters. The van der Waals surface area contributed by atoms with Gasteiger partial charge in [-0.3, -0.25) is 4.79 Å². The van der Waals surface area contributed by atoms with Crippen LogP contribution in [0.25, 0.3) is 0 Å². The van der Waals surface area contributed by atoms with E-state index in [1.807, 2.05) is 19.9 Å². The molecule has 0 radical (unpaired) electrons. The highest BCUT2D eigenvalue weighted by Crippen LogP contribution is 2.19. The third-order valence-corrected chi connectivity index (χ3v) is 6.19. The van der Waals surface area contributed by atoms with Gasteiger partial charge in [0.05, 0.1) is 10.9 Å². The number of nitrogens with one attached hydrogen (secondary N) is 1. The summed E-state index contributed by atoms with van der Waals surface area (Å²) in [4.78, 5) is 14.2. The summed E-state index contributed by atoms with van der Waals surface area (Å²) in [6.07, 6.45) is 1.24. The Morgan fingerprint density at radius 2 is 2.00 bits per heavy atom. The van der Waals surface area contributed by atoms with E-state index in [0.717, 1.165) is 0 Å². The summed E-state index contributed by atoms with van der Waals surface area (Å²) in [7, 11) is -1.95. The fourth-order valence-corrected chi connectivity index (χ4v) is 4.24. The van der Waals surface area contributed by atoms with Crippen LogP contribution in [0.1, 0.15) is 37.0 Å². The van der Waals surface area contributed by atoms with Crippen molar-refractivity contribution in [1.82, 2.24) is 9.62 Å². The summed E-state index contributed by atoms with van der Waals surface area (Å²) >= 11 is 0. The molecule has 0 bridgehead atoms. The normalized spacial score (nSPS) is 19.3. The van der Waals surface area contributed by atoms with Crippen LogP contribution in [-0.4, -0.2) is 56.8 Å². The van der Waals surface area contributed by atoms with Crippen molar-refractivity contribution < 1.29 is 17.9 Å². The highest BCUT2D eigenvalue weighted by Gasteiger charge is 2.33. The van der Waals surface area contributed by atoms with E-state index in [1.54, 1.807) is 36.3 Å². The molecule has 0 spiro atoms. The topological polar surface area (TPSA) is 75.7 Å². The van der Waals surface area contributed by atoms with Crippen molar-refractivity contribution in [2.45, 2.75) is 37.5 Å². The predicted molar refractivity (Wildman–Crippen MR) is 93.4 cm³/mol. The molecule has 1 amide bonds. The minimum absolute atomic E-state index is 0.118. The molecular formula is C17H26N2O4S. The molecule has 1 aromatic rings. The number of methoxy groups -OCH3 is 1. The van der Waals surface area contributed by atoms with Crippen LogP contribution in [0.3, 0.4) is 0 Å². The zero-order valence-corrected chi connectivity index (χ0v) is 15.3. The first-order valence-corrected chi connectivity index (χ1v) is 9.68.